The fourth-order valence-corrected chi connectivity index (χ4v) is 3.52. The van der Waals surface area contributed by atoms with Crippen LogP contribution in [0.3, 0.4) is 0 Å². The van der Waals surface area contributed by atoms with Crippen LogP contribution in [0, 0.1) is 0 Å². The number of imidazole rings is 1. The van der Waals surface area contributed by atoms with Crippen LogP contribution in [-0.2, 0) is 19.5 Å². The van der Waals surface area contributed by atoms with Crippen molar-refractivity contribution in [3.63, 3.8) is 0 Å². The van der Waals surface area contributed by atoms with Gasteiger partial charge in [-0.2, -0.15) is 0 Å². The molecule has 26 heavy (non-hydrogen) atoms. The molecule has 4 nitrogen and oxygen atoms in total. The maximum Gasteiger partial charge on any atom is 0.122 e. The van der Waals surface area contributed by atoms with Gasteiger partial charge >= 0.3 is 0 Å². The highest BCUT2D eigenvalue weighted by Crippen LogP contribution is 2.29. The Kier molecular flexibility index (Phi) is 5.02. The number of nitrogens with zero attached hydrogens (tertiary/aromatic N) is 2. The summed E-state index contributed by atoms with van der Waals surface area (Å²) in [5.41, 5.74) is 5.29. The van der Waals surface area contributed by atoms with Gasteiger partial charge in [0.05, 0.1) is 12.9 Å². The van der Waals surface area contributed by atoms with E-state index in [-0.39, 0.29) is 0 Å². The van der Waals surface area contributed by atoms with Crippen molar-refractivity contribution in [3.05, 3.63) is 83.4 Å². The summed E-state index contributed by atoms with van der Waals surface area (Å²) < 4.78 is 7.70. The van der Waals surface area contributed by atoms with Gasteiger partial charge < -0.3 is 14.6 Å². The summed E-state index contributed by atoms with van der Waals surface area (Å²) >= 11 is 0. The Morgan fingerprint density at radius 3 is 2.77 bits per heavy atom. The molecule has 1 N–H and O–H groups in total. The lowest BCUT2D eigenvalue weighted by atomic mass is 10.0. The number of aromatic nitrogens is 2. The summed E-state index contributed by atoms with van der Waals surface area (Å²) in [5, 5.41) is 3.70. The van der Waals surface area contributed by atoms with E-state index in [1.807, 2.05) is 18.7 Å². The lowest BCUT2D eigenvalue weighted by Gasteiger charge is -2.18. The second-order valence-electron chi connectivity index (χ2n) is 6.86. The van der Waals surface area contributed by atoms with E-state index in [2.05, 4.69) is 64.3 Å². The third-order valence-corrected chi connectivity index (χ3v) is 5.02. The highest BCUT2D eigenvalue weighted by atomic mass is 16.5. The van der Waals surface area contributed by atoms with Crippen molar-refractivity contribution < 1.29 is 4.74 Å². The molecule has 0 radical (unpaired) electrons. The van der Waals surface area contributed by atoms with Crippen LogP contribution in [0.1, 0.15) is 41.6 Å². The predicted octanol–water partition coefficient (Wildman–Crippen LogP) is 4.11. The lowest BCUT2D eigenvalue weighted by Crippen LogP contribution is -2.20. The van der Waals surface area contributed by atoms with E-state index in [4.69, 9.17) is 4.74 Å². The van der Waals surface area contributed by atoms with Crippen molar-refractivity contribution in [1.82, 2.24) is 14.9 Å². The van der Waals surface area contributed by atoms with Crippen LogP contribution in [0.4, 0.5) is 0 Å². The predicted molar refractivity (Wildman–Crippen MR) is 103 cm³/mol. The minimum Gasteiger partial charge on any atom is -0.493 e. The SMILES string of the molecule is CC[C@H](NCc1ccc(Cn2ccnc2)cc1)c1ccc2c(c1)CCO2. The van der Waals surface area contributed by atoms with E-state index in [0.717, 1.165) is 38.3 Å². The van der Waals surface area contributed by atoms with Crippen LogP contribution in [-0.4, -0.2) is 16.2 Å². The second-order valence-corrected chi connectivity index (χ2v) is 6.86. The Hall–Kier alpha value is -2.59. The quantitative estimate of drug-likeness (QED) is 0.699. The molecule has 1 aliphatic heterocycles. The van der Waals surface area contributed by atoms with Crippen molar-refractivity contribution in [3.8, 4) is 5.75 Å². The van der Waals surface area contributed by atoms with E-state index >= 15 is 0 Å². The van der Waals surface area contributed by atoms with Crippen LogP contribution in [0.2, 0.25) is 0 Å². The molecule has 1 aliphatic rings. The zero-order chi connectivity index (χ0) is 17.8. The Balaban J connectivity index is 1.37. The zero-order valence-corrected chi connectivity index (χ0v) is 15.2. The molecule has 0 saturated carbocycles. The molecule has 0 saturated heterocycles. The van der Waals surface area contributed by atoms with Gasteiger partial charge in [-0.05, 0) is 34.7 Å². The van der Waals surface area contributed by atoms with Gasteiger partial charge in [0.2, 0.25) is 0 Å². The Morgan fingerprint density at radius 1 is 1.15 bits per heavy atom. The Bertz CT molecular complexity index is 840. The minimum atomic E-state index is 0.367. The Morgan fingerprint density at radius 2 is 2.00 bits per heavy atom. The summed E-state index contributed by atoms with van der Waals surface area (Å²) in [6.45, 7) is 4.78. The minimum absolute atomic E-state index is 0.367. The molecule has 0 fully saturated rings. The molecule has 4 rings (SSSR count). The summed E-state index contributed by atoms with van der Waals surface area (Å²) in [7, 11) is 0. The smallest absolute Gasteiger partial charge is 0.122 e. The van der Waals surface area contributed by atoms with Crippen LogP contribution in [0.15, 0.2) is 61.2 Å². The fourth-order valence-electron chi connectivity index (χ4n) is 3.52. The molecular weight excluding hydrogens is 322 g/mol. The maximum atomic E-state index is 5.62. The molecule has 0 aliphatic carbocycles. The molecule has 0 bridgehead atoms. The van der Waals surface area contributed by atoms with E-state index in [1.165, 1.54) is 22.3 Å². The first-order chi connectivity index (χ1) is 12.8. The van der Waals surface area contributed by atoms with Gasteiger partial charge in [0.15, 0.2) is 0 Å². The van der Waals surface area contributed by atoms with Gasteiger partial charge in [0.1, 0.15) is 5.75 Å². The number of benzene rings is 2. The largest absolute Gasteiger partial charge is 0.493 e. The normalized spacial score (nSPS) is 14.0. The first-order valence-electron chi connectivity index (χ1n) is 9.34. The monoisotopic (exact) mass is 347 g/mol. The van der Waals surface area contributed by atoms with Crippen LogP contribution in [0.5, 0.6) is 5.75 Å². The van der Waals surface area contributed by atoms with E-state index in [9.17, 15) is 0 Å². The van der Waals surface area contributed by atoms with Crippen molar-refractivity contribution in [2.75, 3.05) is 6.61 Å². The summed E-state index contributed by atoms with van der Waals surface area (Å²) in [5.74, 6) is 1.05. The van der Waals surface area contributed by atoms with E-state index in [1.54, 1.807) is 0 Å². The molecule has 4 heteroatoms. The number of ether oxygens (including phenoxy) is 1. The first-order valence-corrected chi connectivity index (χ1v) is 9.34. The highest BCUT2D eigenvalue weighted by molar-refractivity contribution is 5.40. The maximum absolute atomic E-state index is 5.62. The molecule has 0 spiro atoms. The average Bonchev–Trinajstić information content (AvgIpc) is 3.35. The molecular formula is C22H25N3O. The second kappa shape index (κ2) is 7.75. The van der Waals surface area contributed by atoms with Gasteiger partial charge in [-0.15, -0.1) is 0 Å². The molecule has 0 unspecified atom stereocenters. The third-order valence-electron chi connectivity index (χ3n) is 5.02. The topological polar surface area (TPSA) is 39.1 Å². The van der Waals surface area contributed by atoms with Gasteiger partial charge in [0.25, 0.3) is 0 Å². The fraction of sp³-hybridized carbons (Fsp3) is 0.318. The number of nitrogens with one attached hydrogen (secondary N) is 1. The number of rotatable bonds is 7. The van der Waals surface area contributed by atoms with Crippen LogP contribution < -0.4 is 10.1 Å². The van der Waals surface area contributed by atoms with Gasteiger partial charge in [-0.3, -0.25) is 0 Å². The molecule has 1 aromatic heterocycles. The average molecular weight is 347 g/mol. The number of hydrogen-bond donors (Lipinski definition) is 1. The Labute approximate surface area is 154 Å². The third kappa shape index (κ3) is 3.81. The molecule has 1 atom stereocenters. The van der Waals surface area contributed by atoms with E-state index in [0.29, 0.717) is 6.04 Å². The van der Waals surface area contributed by atoms with Crippen LogP contribution in [0.25, 0.3) is 0 Å². The van der Waals surface area contributed by atoms with E-state index < -0.39 is 0 Å². The van der Waals surface area contributed by atoms with Gasteiger partial charge in [0, 0.05) is 37.9 Å². The van der Waals surface area contributed by atoms with Gasteiger partial charge in [-0.25, -0.2) is 4.98 Å². The molecule has 3 aromatic rings. The van der Waals surface area contributed by atoms with Crippen molar-refractivity contribution in [2.45, 2.75) is 38.9 Å². The zero-order valence-electron chi connectivity index (χ0n) is 15.2. The van der Waals surface area contributed by atoms with Gasteiger partial charge in [-0.1, -0.05) is 43.3 Å². The number of hydrogen-bond acceptors (Lipinski definition) is 3. The van der Waals surface area contributed by atoms with Crippen LogP contribution >= 0.6 is 0 Å². The molecule has 0 amide bonds. The molecule has 2 heterocycles. The summed E-state index contributed by atoms with van der Waals surface area (Å²) in [6.07, 6.45) is 7.75. The van der Waals surface area contributed by atoms with Crippen molar-refractivity contribution in [2.24, 2.45) is 0 Å². The van der Waals surface area contributed by atoms with Crippen molar-refractivity contribution in [1.29, 1.82) is 0 Å². The number of fused-ring (bicyclic) bond motifs is 1. The molecule has 134 valence electrons. The standard InChI is InChI=1S/C22H25N3O/c1-2-21(19-7-8-22-20(13-19)9-12-26-22)24-14-17-3-5-18(6-4-17)15-25-11-10-23-16-25/h3-8,10-11,13,16,21,24H,2,9,12,14-15H2,1H3/t21-/m0/s1. The molecule has 2 aromatic carbocycles. The lowest BCUT2D eigenvalue weighted by molar-refractivity contribution is 0.356. The van der Waals surface area contributed by atoms with Crippen molar-refractivity contribution >= 4 is 0 Å². The highest BCUT2D eigenvalue weighted by Gasteiger charge is 2.15. The summed E-state index contributed by atoms with van der Waals surface area (Å²) in [4.78, 5) is 4.09. The summed E-state index contributed by atoms with van der Waals surface area (Å²) in [6, 6.07) is 15.8. The first kappa shape index (κ1) is 16.9.